The fourth-order valence-corrected chi connectivity index (χ4v) is 3.29. The van der Waals surface area contributed by atoms with E-state index in [4.69, 9.17) is 17.2 Å². The third kappa shape index (κ3) is 10.5. The number of phenolic OH excluding ortho intramolecular Hbond substituents is 1. The molecule has 0 saturated carbocycles. The molecule has 0 fully saturated rings. The van der Waals surface area contributed by atoms with Crippen LogP contribution >= 0.6 is 0 Å². The number of carboxylic acids is 1. The highest BCUT2D eigenvalue weighted by Crippen LogP contribution is 2.11. The zero-order valence-electron chi connectivity index (χ0n) is 20.6. The summed E-state index contributed by atoms with van der Waals surface area (Å²) in [6.45, 7) is 3.32. The monoisotopic (exact) mass is 522 g/mol. The molecule has 1 aromatic carbocycles. The Morgan fingerprint density at radius 2 is 1.30 bits per heavy atom. The van der Waals surface area contributed by atoms with Crippen LogP contribution in [0.25, 0.3) is 0 Å². The third-order valence-electron chi connectivity index (χ3n) is 5.58. The molecule has 14 nitrogen and oxygen atoms in total. The number of primary amides is 2. The summed E-state index contributed by atoms with van der Waals surface area (Å²) >= 11 is 0. The van der Waals surface area contributed by atoms with E-state index in [1.54, 1.807) is 26.0 Å². The van der Waals surface area contributed by atoms with Crippen molar-refractivity contribution in [3.8, 4) is 5.75 Å². The van der Waals surface area contributed by atoms with Crippen molar-refractivity contribution in [1.82, 2.24) is 16.0 Å². The largest absolute Gasteiger partial charge is 0.508 e. The lowest BCUT2D eigenvalue weighted by Gasteiger charge is -2.25. The summed E-state index contributed by atoms with van der Waals surface area (Å²) in [5, 5.41) is 25.6. The van der Waals surface area contributed by atoms with Crippen molar-refractivity contribution >= 4 is 35.5 Å². The van der Waals surface area contributed by atoms with Gasteiger partial charge < -0.3 is 43.4 Å². The number of carbonyl (C=O) groups is 6. The molecule has 37 heavy (non-hydrogen) atoms. The van der Waals surface area contributed by atoms with Crippen molar-refractivity contribution in [3.05, 3.63) is 29.8 Å². The minimum atomic E-state index is -1.59. The first-order chi connectivity index (χ1) is 17.2. The van der Waals surface area contributed by atoms with Crippen molar-refractivity contribution in [1.29, 1.82) is 0 Å². The Labute approximate surface area is 213 Å². The van der Waals surface area contributed by atoms with Crippen molar-refractivity contribution in [2.45, 2.75) is 63.7 Å². The van der Waals surface area contributed by atoms with Crippen LogP contribution in [0, 0.1) is 5.92 Å². The van der Waals surface area contributed by atoms with Crippen LogP contribution in [0.15, 0.2) is 24.3 Å². The van der Waals surface area contributed by atoms with Gasteiger partial charge in [-0.1, -0.05) is 32.4 Å². The zero-order valence-corrected chi connectivity index (χ0v) is 20.6. The average Bonchev–Trinajstić information content (AvgIpc) is 2.81. The van der Waals surface area contributed by atoms with Gasteiger partial charge in [0.15, 0.2) is 0 Å². The fourth-order valence-electron chi connectivity index (χ4n) is 3.29. The quantitative estimate of drug-likeness (QED) is 0.122. The lowest BCUT2D eigenvalue weighted by molar-refractivity contribution is -0.144. The number of benzene rings is 1. The Morgan fingerprint density at radius 3 is 1.73 bits per heavy atom. The topological polar surface area (TPSA) is 257 Å². The predicted octanol–water partition coefficient (Wildman–Crippen LogP) is -2.40. The van der Waals surface area contributed by atoms with Gasteiger partial charge in [-0.15, -0.1) is 0 Å². The highest BCUT2D eigenvalue weighted by Gasteiger charge is 2.33. The minimum absolute atomic E-state index is 0.0216. The van der Waals surface area contributed by atoms with Gasteiger partial charge in [-0.25, -0.2) is 4.79 Å². The molecule has 0 unspecified atom stereocenters. The van der Waals surface area contributed by atoms with Gasteiger partial charge in [-0.3, -0.25) is 24.0 Å². The van der Waals surface area contributed by atoms with E-state index in [2.05, 4.69) is 16.0 Å². The van der Waals surface area contributed by atoms with Crippen LogP contribution in [0.1, 0.15) is 38.7 Å². The van der Waals surface area contributed by atoms with E-state index in [1.165, 1.54) is 12.1 Å². The molecule has 0 radical (unpaired) electrons. The van der Waals surface area contributed by atoms with Crippen molar-refractivity contribution in [2.75, 3.05) is 0 Å². The summed E-state index contributed by atoms with van der Waals surface area (Å²) in [6, 6.07) is 0.317. The van der Waals surface area contributed by atoms with E-state index in [0.717, 1.165) is 0 Å². The number of nitrogens with two attached hydrogens (primary N) is 3. The van der Waals surface area contributed by atoms with Gasteiger partial charge in [0, 0.05) is 0 Å². The normalized spacial score (nSPS) is 14.8. The maximum Gasteiger partial charge on any atom is 0.326 e. The van der Waals surface area contributed by atoms with Crippen LogP contribution < -0.4 is 33.2 Å². The molecule has 0 aliphatic carbocycles. The number of aliphatic carboxylic acids is 1. The first-order valence-corrected chi connectivity index (χ1v) is 11.5. The second kappa shape index (κ2) is 14.4. The minimum Gasteiger partial charge on any atom is -0.508 e. The number of carbonyl (C=O) groups excluding carboxylic acids is 5. The van der Waals surface area contributed by atoms with Gasteiger partial charge in [0.05, 0.1) is 18.9 Å². The first-order valence-electron chi connectivity index (χ1n) is 11.5. The van der Waals surface area contributed by atoms with Crippen LogP contribution in [0.5, 0.6) is 5.75 Å². The van der Waals surface area contributed by atoms with E-state index in [9.17, 15) is 39.0 Å². The summed E-state index contributed by atoms with van der Waals surface area (Å²) in [5.74, 6) is -6.53. The second-order valence-corrected chi connectivity index (χ2v) is 8.65. The Kier molecular flexibility index (Phi) is 12.0. The summed E-state index contributed by atoms with van der Waals surface area (Å²) in [6.07, 6.45) is -0.877. The molecule has 1 aromatic rings. The lowest BCUT2D eigenvalue weighted by Crippen LogP contribution is -2.59. The Hall–Kier alpha value is -4.20. The number of nitrogens with one attached hydrogen (secondary N) is 3. The van der Waals surface area contributed by atoms with Crippen molar-refractivity contribution < 1.29 is 39.0 Å². The molecule has 5 atom stereocenters. The fraction of sp³-hybridized carbons (Fsp3) is 0.478. The molecule has 0 heterocycles. The van der Waals surface area contributed by atoms with Crippen LogP contribution in [0.3, 0.4) is 0 Å². The van der Waals surface area contributed by atoms with E-state index in [0.29, 0.717) is 12.0 Å². The number of hydrogen-bond acceptors (Lipinski definition) is 8. The smallest absolute Gasteiger partial charge is 0.326 e. The third-order valence-corrected chi connectivity index (χ3v) is 5.58. The molecule has 5 amide bonds. The molecule has 0 aliphatic rings. The van der Waals surface area contributed by atoms with Gasteiger partial charge in [0.2, 0.25) is 29.5 Å². The highest BCUT2D eigenvalue weighted by atomic mass is 16.4. The van der Waals surface area contributed by atoms with Gasteiger partial charge in [0.25, 0.3) is 0 Å². The number of hydrogen-bond donors (Lipinski definition) is 8. The van der Waals surface area contributed by atoms with Crippen LogP contribution in [-0.2, 0) is 35.2 Å². The summed E-state index contributed by atoms with van der Waals surface area (Å²) in [7, 11) is 0. The Balaban J connectivity index is 3.00. The molecule has 204 valence electrons. The summed E-state index contributed by atoms with van der Waals surface area (Å²) < 4.78 is 0. The molecule has 0 spiro atoms. The van der Waals surface area contributed by atoms with Crippen molar-refractivity contribution in [3.63, 3.8) is 0 Å². The Morgan fingerprint density at radius 1 is 0.838 bits per heavy atom. The number of rotatable bonds is 15. The molecule has 0 aliphatic heterocycles. The van der Waals surface area contributed by atoms with Crippen molar-refractivity contribution in [2.24, 2.45) is 23.1 Å². The predicted molar refractivity (Wildman–Crippen MR) is 130 cm³/mol. The standard InChI is InChI=1S/C23H34N6O8/c1-3-11(2)19(23(36)37)29-22(35)16(10-18(26)32)28-21(34)15(9-17(25)31)27-20(33)14(24)8-12-4-6-13(30)7-5-12/h4-7,11,14-16,19,30H,3,8-10,24H2,1-2H3,(H2,25,31)(H2,26,32)(H,27,33)(H,28,34)(H,29,35)(H,36,37)/t11-,14+,15+,16+,19+/m0/s1. The van der Waals surface area contributed by atoms with Crippen LogP contribution in [0.4, 0.5) is 0 Å². The van der Waals surface area contributed by atoms with E-state index in [-0.39, 0.29) is 12.2 Å². The molecular formula is C23H34N6O8. The number of carboxylic acid groups (broad SMARTS) is 1. The van der Waals surface area contributed by atoms with Gasteiger partial charge in [-0.05, 0) is 30.0 Å². The highest BCUT2D eigenvalue weighted by molar-refractivity contribution is 5.97. The number of phenols is 1. The Bertz CT molecular complexity index is 999. The first kappa shape index (κ1) is 30.8. The van der Waals surface area contributed by atoms with Gasteiger partial charge in [-0.2, -0.15) is 0 Å². The molecule has 0 bridgehead atoms. The molecule has 1 rings (SSSR count). The molecule has 11 N–H and O–H groups in total. The maximum atomic E-state index is 12.9. The van der Waals surface area contributed by atoms with Gasteiger partial charge >= 0.3 is 5.97 Å². The van der Waals surface area contributed by atoms with E-state index < -0.39 is 78.4 Å². The lowest BCUT2D eigenvalue weighted by atomic mass is 9.98. The van der Waals surface area contributed by atoms with Crippen LogP contribution in [0.2, 0.25) is 0 Å². The van der Waals surface area contributed by atoms with E-state index in [1.807, 2.05) is 0 Å². The van der Waals surface area contributed by atoms with E-state index >= 15 is 0 Å². The maximum absolute atomic E-state index is 12.9. The molecule has 0 saturated heterocycles. The SMILES string of the molecule is CC[C@H](C)[C@@H](NC(=O)[C@@H](CC(N)=O)NC(=O)[C@@H](CC(N)=O)NC(=O)[C@H](N)Cc1ccc(O)cc1)C(=O)O. The second-order valence-electron chi connectivity index (χ2n) is 8.65. The van der Waals surface area contributed by atoms with Gasteiger partial charge in [0.1, 0.15) is 23.9 Å². The molecular weight excluding hydrogens is 488 g/mol. The summed E-state index contributed by atoms with van der Waals surface area (Å²) in [4.78, 5) is 72.8. The summed E-state index contributed by atoms with van der Waals surface area (Å²) in [5.41, 5.74) is 16.9. The molecule has 14 heteroatoms. The van der Waals surface area contributed by atoms with Crippen LogP contribution in [-0.4, -0.2) is 69.9 Å². The number of aromatic hydroxyl groups is 1. The number of amides is 5. The molecule has 0 aromatic heterocycles. The average molecular weight is 523 g/mol. The zero-order chi connectivity index (χ0) is 28.3.